The van der Waals surface area contributed by atoms with Crippen LogP contribution in [0.2, 0.25) is 5.02 Å². The average molecular weight is 502 g/mol. The first-order chi connectivity index (χ1) is 16.3. The second kappa shape index (κ2) is 10.5. The normalized spacial score (nSPS) is 17.6. The molecule has 182 valence electrons. The van der Waals surface area contributed by atoms with E-state index in [1.165, 1.54) is 56.4 Å². The molecule has 0 spiro atoms. The number of sulfonamides is 1. The zero-order chi connectivity index (χ0) is 24.3. The van der Waals surface area contributed by atoms with Crippen LogP contribution < -0.4 is 4.74 Å². The van der Waals surface area contributed by atoms with Gasteiger partial charge in [-0.25, -0.2) is 12.7 Å². The van der Waals surface area contributed by atoms with Crippen LogP contribution in [0, 0.1) is 0 Å². The highest BCUT2D eigenvalue weighted by Gasteiger charge is 2.25. The predicted molar refractivity (Wildman–Crippen MR) is 137 cm³/mol. The van der Waals surface area contributed by atoms with E-state index < -0.39 is 10.0 Å². The van der Waals surface area contributed by atoms with E-state index in [-0.39, 0.29) is 9.92 Å². The number of likely N-dealkylation sites (tertiary alicyclic amines) is 1. The Hall–Kier alpha value is -2.32. The van der Waals surface area contributed by atoms with Gasteiger partial charge in [0.1, 0.15) is 5.75 Å². The zero-order valence-electron chi connectivity index (χ0n) is 19.9. The van der Waals surface area contributed by atoms with E-state index >= 15 is 0 Å². The molecule has 34 heavy (non-hydrogen) atoms. The van der Waals surface area contributed by atoms with Crippen molar-refractivity contribution in [2.24, 2.45) is 0 Å². The van der Waals surface area contributed by atoms with Crippen molar-refractivity contribution in [2.75, 3.05) is 27.7 Å². The molecule has 0 amide bonds. The van der Waals surface area contributed by atoms with Gasteiger partial charge in [-0.3, -0.25) is 4.90 Å². The van der Waals surface area contributed by atoms with Crippen LogP contribution in [0.25, 0.3) is 11.3 Å². The van der Waals surface area contributed by atoms with E-state index in [4.69, 9.17) is 16.3 Å². The fourth-order valence-corrected chi connectivity index (χ4v) is 5.97. The van der Waals surface area contributed by atoms with Crippen LogP contribution in [0.1, 0.15) is 43.0 Å². The number of halogens is 1. The summed E-state index contributed by atoms with van der Waals surface area (Å²) in [4.78, 5) is 6.16. The molecule has 1 atom stereocenters. The summed E-state index contributed by atoms with van der Waals surface area (Å²) in [5.74, 6) is 0.449. The molecule has 1 fully saturated rings. The Labute approximate surface area is 207 Å². The van der Waals surface area contributed by atoms with E-state index in [1.807, 2.05) is 6.07 Å². The Morgan fingerprint density at radius 2 is 1.85 bits per heavy atom. The Kier molecular flexibility index (Phi) is 7.67. The molecule has 1 aliphatic rings. The third-order valence-corrected chi connectivity index (χ3v) is 8.53. The van der Waals surface area contributed by atoms with Crippen LogP contribution in [0.5, 0.6) is 5.75 Å². The zero-order valence-corrected chi connectivity index (χ0v) is 21.5. The number of benzene rings is 2. The van der Waals surface area contributed by atoms with E-state index in [0.717, 1.165) is 30.9 Å². The summed E-state index contributed by atoms with van der Waals surface area (Å²) in [6, 6.07) is 18.2. The molecular weight excluding hydrogens is 470 g/mol. The molecule has 1 N–H and O–H groups in total. The van der Waals surface area contributed by atoms with E-state index in [9.17, 15) is 8.42 Å². The van der Waals surface area contributed by atoms with Crippen molar-refractivity contribution in [3.8, 4) is 17.0 Å². The van der Waals surface area contributed by atoms with Gasteiger partial charge in [0.25, 0.3) is 0 Å². The predicted octanol–water partition coefficient (Wildman–Crippen LogP) is 5.71. The van der Waals surface area contributed by atoms with Crippen molar-refractivity contribution in [1.29, 1.82) is 0 Å². The fraction of sp³-hybridized carbons (Fsp3) is 0.385. The third kappa shape index (κ3) is 5.18. The lowest BCUT2D eigenvalue weighted by Gasteiger charge is -2.30. The summed E-state index contributed by atoms with van der Waals surface area (Å²) in [6.07, 6.45) is 4.81. The average Bonchev–Trinajstić information content (AvgIpc) is 3.16. The van der Waals surface area contributed by atoms with Gasteiger partial charge < -0.3 is 9.72 Å². The summed E-state index contributed by atoms with van der Waals surface area (Å²) < 4.78 is 32.2. The highest BCUT2D eigenvalue weighted by Crippen LogP contribution is 2.39. The Morgan fingerprint density at radius 1 is 1.09 bits per heavy atom. The van der Waals surface area contributed by atoms with Crippen LogP contribution in [0.3, 0.4) is 0 Å². The van der Waals surface area contributed by atoms with Crippen molar-refractivity contribution in [2.45, 2.75) is 43.2 Å². The molecular formula is C26H32ClN3O3S. The van der Waals surface area contributed by atoms with Gasteiger partial charge in [0.05, 0.1) is 17.0 Å². The highest BCUT2D eigenvalue weighted by atomic mass is 35.5. The number of H-pyrrole nitrogens is 1. The Balaban J connectivity index is 1.66. The lowest BCUT2D eigenvalue weighted by atomic mass is 10.0. The van der Waals surface area contributed by atoms with E-state index in [0.29, 0.717) is 17.4 Å². The monoisotopic (exact) mass is 501 g/mol. The number of aromatic amines is 1. The minimum Gasteiger partial charge on any atom is -0.494 e. The molecule has 4 rings (SSSR count). The van der Waals surface area contributed by atoms with Crippen molar-refractivity contribution in [3.63, 3.8) is 0 Å². The summed E-state index contributed by atoms with van der Waals surface area (Å²) in [7, 11) is 0.905. The molecule has 0 unspecified atom stereocenters. The summed E-state index contributed by atoms with van der Waals surface area (Å²) in [5, 5.41) is 0.258. The molecule has 6 nitrogen and oxygen atoms in total. The minimum atomic E-state index is -3.64. The maximum atomic E-state index is 12.7. The first-order valence-corrected chi connectivity index (χ1v) is 13.4. The molecule has 1 saturated heterocycles. The minimum absolute atomic E-state index is 0.131. The third-order valence-electron chi connectivity index (χ3n) is 6.46. The molecule has 0 radical (unpaired) electrons. The molecule has 8 heteroatoms. The van der Waals surface area contributed by atoms with Crippen LogP contribution in [-0.4, -0.2) is 50.4 Å². The second-order valence-electron chi connectivity index (χ2n) is 8.92. The van der Waals surface area contributed by atoms with E-state index in [2.05, 4.69) is 46.3 Å². The maximum absolute atomic E-state index is 12.7. The number of hydrogen-bond donors (Lipinski definition) is 1. The topological polar surface area (TPSA) is 65.6 Å². The molecule has 0 saturated carbocycles. The number of hydrogen-bond acceptors (Lipinski definition) is 4. The van der Waals surface area contributed by atoms with Crippen molar-refractivity contribution in [3.05, 3.63) is 70.9 Å². The SMILES string of the molecule is COc1c(Cl)cc(S(=O)(=O)N(C)C)cc1-c1ccc(CN2CCCCC[C@@H]2c2ccccc2)[nH]1. The van der Waals surface area contributed by atoms with E-state index in [1.54, 1.807) is 6.07 Å². The Bertz CT molecular complexity index is 1230. The van der Waals surface area contributed by atoms with Crippen LogP contribution in [0.15, 0.2) is 59.5 Å². The number of rotatable bonds is 7. The highest BCUT2D eigenvalue weighted by molar-refractivity contribution is 7.89. The summed E-state index contributed by atoms with van der Waals surface area (Å²) in [5.41, 5.74) is 3.82. The van der Waals surface area contributed by atoms with Crippen LogP contribution in [0.4, 0.5) is 0 Å². The number of nitrogens with one attached hydrogen (secondary N) is 1. The smallest absolute Gasteiger partial charge is 0.242 e. The summed E-state index contributed by atoms with van der Waals surface area (Å²) >= 11 is 6.43. The Morgan fingerprint density at radius 3 is 2.56 bits per heavy atom. The molecule has 1 aromatic heterocycles. The number of aromatic nitrogens is 1. The second-order valence-corrected chi connectivity index (χ2v) is 11.5. The van der Waals surface area contributed by atoms with Crippen molar-refractivity contribution >= 4 is 21.6 Å². The van der Waals surface area contributed by atoms with Gasteiger partial charge in [0.15, 0.2) is 0 Å². The fourth-order valence-electron chi connectivity index (χ4n) is 4.65. The molecule has 2 aromatic carbocycles. The van der Waals surface area contributed by atoms with Gasteiger partial charge in [0, 0.05) is 43.6 Å². The van der Waals surface area contributed by atoms with Crippen LogP contribution >= 0.6 is 11.6 Å². The van der Waals surface area contributed by atoms with Crippen molar-refractivity contribution in [1.82, 2.24) is 14.2 Å². The van der Waals surface area contributed by atoms with Gasteiger partial charge in [-0.1, -0.05) is 54.8 Å². The van der Waals surface area contributed by atoms with Crippen molar-refractivity contribution < 1.29 is 13.2 Å². The lowest BCUT2D eigenvalue weighted by Crippen LogP contribution is -2.28. The molecule has 0 bridgehead atoms. The van der Waals surface area contributed by atoms with Crippen LogP contribution in [-0.2, 0) is 16.6 Å². The largest absolute Gasteiger partial charge is 0.494 e. The lowest BCUT2D eigenvalue weighted by molar-refractivity contribution is 0.190. The quantitative estimate of drug-likeness (QED) is 0.450. The molecule has 2 heterocycles. The number of ether oxygens (including phenoxy) is 1. The van der Waals surface area contributed by atoms with Gasteiger partial charge >= 0.3 is 0 Å². The first kappa shape index (κ1) is 24.8. The molecule has 0 aliphatic carbocycles. The molecule has 1 aliphatic heterocycles. The summed E-state index contributed by atoms with van der Waals surface area (Å²) in [6.45, 7) is 1.82. The molecule has 3 aromatic rings. The van der Waals surface area contributed by atoms with Gasteiger partial charge in [-0.15, -0.1) is 0 Å². The number of nitrogens with zero attached hydrogens (tertiary/aromatic N) is 2. The maximum Gasteiger partial charge on any atom is 0.242 e. The van der Waals surface area contributed by atoms with Gasteiger partial charge in [0.2, 0.25) is 10.0 Å². The van der Waals surface area contributed by atoms with Gasteiger partial charge in [-0.2, -0.15) is 0 Å². The van der Waals surface area contributed by atoms with Gasteiger partial charge in [-0.05, 0) is 49.2 Å². The standard InChI is InChI=1S/C26H32ClN3O3S/c1-29(2)34(31,32)21-16-22(26(33-3)23(27)17-21)24-14-13-20(28-24)18-30-15-9-5-8-12-25(30)19-10-6-4-7-11-19/h4,6-7,10-11,13-14,16-17,25,28H,5,8-9,12,15,18H2,1-3H3/t25-/m1/s1. The first-order valence-electron chi connectivity index (χ1n) is 11.6. The number of methoxy groups -OCH3 is 1.